The number of rotatable bonds is 3. The van der Waals surface area contributed by atoms with Gasteiger partial charge in [-0.1, -0.05) is 19.3 Å². The van der Waals surface area contributed by atoms with Crippen LogP contribution in [0.5, 0.6) is 0 Å². The second kappa shape index (κ2) is 6.62. The van der Waals surface area contributed by atoms with E-state index in [1.807, 2.05) is 6.07 Å². The Kier molecular flexibility index (Phi) is 4.67. The molecule has 5 heteroatoms. The van der Waals surface area contributed by atoms with Crippen molar-refractivity contribution in [2.75, 3.05) is 0 Å². The van der Waals surface area contributed by atoms with Gasteiger partial charge >= 0.3 is 0 Å². The quantitative estimate of drug-likeness (QED) is 0.504. The van der Waals surface area contributed by atoms with E-state index in [4.69, 9.17) is 0 Å². The molecule has 1 aromatic rings. The zero-order valence-corrected chi connectivity index (χ0v) is 15.2. The molecule has 3 rings (SSSR count). The minimum atomic E-state index is -0.351. The Morgan fingerprint density at radius 3 is 2.60 bits per heavy atom. The summed E-state index contributed by atoms with van der Waals surface area (Å²) in [7, 11) is 0. The lowest BCUT2D eigenvalue weighted by atomic mass is 9.82. The summed E-state index contributed by atoms with van der Waals surface area (Å²) in [5, 5.41) is 14.7. The van der Waals surface area contributed by atoms with Crippen molar-refractivity contribution in [3.8, 4) is 0 Å². The molecular formula is C20H26N2O3. The highest BCUT2D eigenvalue weighted by atomic mass is 16.6. The molecule has 0 saturated heterocycles. The lowest BCUT2D eigenvalue weighted by Gasteiger charge is -2.36. The molecule has 0 amide bonds. The van der Waals surface area contributed by atoms with Gasteiger partial charge in [-0.15, -0.1) is 0 Å². The Bertz CT molecular complexity index is 744. The van der Waals surface area contributed by atoms with Crippen LogP contribution in [-0.2, 0) is 11.2 Å². The van der Waals surface area contributed by atoms with Crippen LogP contribution in [0.15, 0.2) is 18.2 Å². The van der Waals surface area contributed by atoms with Crippen molar-refractivity contribution in [2.24, 2.45) is 5.92 Å². The molecule has 1 aliphatic carbocycles. The Balaban J connectivity index is 2.02. The number of nitro benzene ring substituents is 1. The van der Waals surface area contributed by atoms with Gasteiger partial charge in [0, 0.05) is 40.4 Å². The number of nitro groups is 1. The zero-order chi connectivity index (χ0) is 18.2. The van der Waals surface area contributed by atoms with Gasteiger partial charge in [0.15, 0.2) is 5.78 Å². The molecule has 1 heterocycles. The predicted molar refractivity (Wildman–Crippen MR) is 98.3 cm³/mol. The number of nitrogens with zero attached hydrogens (tertiary/aromatic N) is 1. The van der Waals surface area contributed by atoms with Gasteiger partial charge in [0.2, 0.25) is 0 Å². The number of carbonyl (C=O) groups is 1. The monoisotopic (exact) mass is 342 g/mol. The molecule has 1 fully saturated rings. The first kappa shape index (κ1) is 17.6. The molecule has 1 aromatic carbocycles. The lowest BCUT2D eigenvalue weighted by Crippen LogP contribution is -2.44. The molecule has 1 aliphatic heterocycles. The van der Waals surface area contributed by atoms with Crippen LogP contribution in [0, 0.1) is 23.0 Å². The van der Waals surface area contributed by atoms with E-state index in [0.717, 1.165) is 48.9 Å². The molecule has 1 saturated carbocycles. The number of ketones is 1. The highest BCUT2D eigenvalue weighted by Gasteiger charge is 2.31. The third-order valence-corrected chi connectivity index (χ3v) is 5.31. The summed E-state index contributed by atoms with van der Waals surface area (Å²) in [5.74, 6) is 0.242. The number of aryl methyl sites for hydroxylation is 1. The Hall–Kier alpha value is -2.17. The van der Waals surface area contributed by atoms with Gasteiger partial charge in [0.1, 0.15) is 0 Å². The first-order chi connectivity index (χ1) is 11.8. The number of nitrogens with one attached hydrogen (secondary N) is 1. The van der Waals surface area contributed by atoms with Gasteiger partial charge in [-0.2, -0.15) is 0 Å². The molecule has 1 N–H and O–H groups in total. The normalized spacial score (nSPS) is 21.5. The van der Waals surface area contributed by atoms with Gasteiger partial charge < -0.3 is 5.32 Å². The number of hydrogen-bond donors (Lipinski definition) is 1. The average Bonchev–Trinajstić information content (AvgIpc) is 2.53. The van der Waals surface area contributed by atoms with Crippen LogP contribution in [0.4, 0.5) is 5.69 Å². The van der Waals surface area contributed by atoms with E-state index in [-0.39, 0.29) is 27.9 Å². The van der Waals surface area contributed by atoms with E-state index in [1.54, 1.807) is 19.1 Å². The molecule has 0 aromatic heterocycles. The molecule has 25 heavy (non-hydrogen) atoms. The summed E-state index contributed by atoms with van der Waals surface area (Å²) in [6, 6.07) is 3.52. The van der Waals surface area contributed by atoms with E-state index >= 15 is 0 Å². The number of allylic oxidation sites excluding steroid dienone is 1. The standard InChI is InChI=1S/C20H26N2O3/c1-13-9-15-12-20(2,3)21-17(16(15)10-18(13)22(24)25)11-19(23)14-7-5-4-6-8-14/h9-11,14,21H,4-8,12H2,1-3H3/b17-11+. The van der Waals surface area contributed by atoms with E-state index < -0.39 is 0 Å². The maximum absolute atomic E-state index is 12.7. The number of hydrogen-bond acceptors (Lipinski definition) is 4. The fourth-order valence-corrected chi connectivity index (χ4v) is 4.06. The lowest BCUT2D eigenvalue weighted by molar-refractivity contribution is -0.385. The van der Waals surface area contributed by atoms with Crippen LogP contribution in [0.1, 0.15) is 62.6 Å². The van der Waals surface area contributed by atoms with Crippen molar-refractivity contribution in [1.29, 1.82) is 0 Å². The molecule has 0 bridgehead atoms. The van der Waals surface area contributed by atoms with Gasteiger partial charge in [0.25, 0.3) is 5.69 Å². The van der Waals surface area contributed by atoms with Crippen LogP contribution in [0.25, 0.3) is 5.70 Å². The largest absolute Gasteiger partial charge is 0.379 e. The zero-order valence-electron chi connectivity index (χ0n) is 15.2. The number of carbonyl (C=O) groups excluding carboxylic acids is 1. The number of benzene rings is 1. The third kappa shape index (κ3) is 3.75. The Labute approximate surface area is 148 Å². The van der Waals surface area contributed by atoms with Crippen molar-refractivity contribution < 1.29 is 9.72 Å². The van der Waals surface area contributed by atoms with Crippen molar-refractivity contribution in [3.05, 3.63) is 45.0 Å². The van der Waals surface area contributed by atoms with Crippen molar-refractivity contribution in [1.82, 2.24) is 5.32 Å². The van der Waals surface area contributed by atoms with Crippen LogP contribution < -0.4 is 5.32 Å². The predicted octanol–water partition coefficient (Wildman–Crippen LogP) is 4.32. The minimum Gasteiger partial charge on any atom is -0.379 e. The van der Waals surface area contributed by atoms with E-state index in [1.165, 1.54) is 6.42 Å². The van der Waals surface area contributed by atoms with Crippen LogP contribution in [-0.4, -0.2) is 16.2 Å². The Morgan fingerprint density at radius 2 is 1.96 bits per heavy atom. The third-order valence-electron chi connectivity index (χ3n) is 5.31. The minimum absolute atomic E-state index is 0.0944. The second-order valence-corrected chi connectivity index (χ2v) is 8.03. The summed E-state index contributed by atoms with van der Waals surface area (Å²) in [6.07, 6.45) is 7.80. The summed E-state index contributed by atoms with van der Waals surface area (Å²) < 4.78 is 0. The fourth-order valence-electron chi connectivity index (χ4n) is 4.06. The molecule has 0 radical (unpaired) electrons. The highest BCUT2D eigenvalue weighted by Crippen LogP contribution is 2.35. The molecule has 134 valence electrons. The second-order valence-electron chi connectivity index (χ2n) is 8.03. The van der Waals surface area contributed by atoms with E-state index in [9.17, 15) is 14.9 Å². The summed E-state index contributed by atoms with van der Waals surface area (Å²) in [4.78, 5) is 23.7. The van der Waals surface area contributed by atoms with Gasteiger partial charge in [-0.3, -0.25) is 14.9 Å². The fraction of sp³-hybridized carbons (Fsp3) is 0.550. The van der Waals surface area contributed by atoms with Gasteiger partial charge in [0.05, 0.1) is 4.92 Å². The van der Waals surface area contributed by atoms with Gasteiger partial charge in [-0.05, 0) is 51.7 Å². The van der Waals surface area contributed by atoms with E-state index in [2.05, 4.69) is 19.2 Å². The van der Waals surface area contributed by atoms with Crippen molar-refractivity contribution in [3.63, 3.8) is 0 Å². The molecule has 0 atom stereocenters. The first-order valence-electron chi connectivity index (χ1n) is 9.09. The van der Waals surface area contributed by atoms with Crippen LogP contribution in [0.2, 0.25) is 0 Å². The summed E-state index contributed by atoms with van der Waals surface area (Å²) in [6.45, 7) is 5.95. The topological polar surface area (TPSA) is 72.2 Å². The molecule has 0 spiro atoms. The smallest absolute Gasteiger partial charge is 0.272 e. The molecule has 2 aliphatic rings. The maximum Gasteiger partial charge on any atom is 0.272 e. The van der Waals surface area contributed by atoms with Crippen molar-refractivity contribution in [2.45, 2.75) is 64.8 Å². The van der Waals surface area contributed by atoms with E-state index in [0.29, 0.717) is 5.56 Å². The maximum atomic E-state index is 12.7. The summed E-state index contributed by atoms with van der Waals surface area (Å²) in [5.41, 5.74) is 3.17. The first-order valence-corrected chi connectivity index (χ1v) is 9.09. The SMILES string of the molecule is Cc1cc2c(cc1[N+](=O)[O-])/C(=C\C(=O)C1CCCCC1)NC(C)(C)C2. The van der Waals surface area contributed by atoms with Crippen LogP contribution >= 0.6 is 0 Å². The molecule has 0 unspecified atom stereocenters. The highest BCUT2D eigenvalue weighted by molar-refractivity contribution is 5.98. The Morgan fingerprint density at radius 1 is 1.28 bits per heavy atom. The van der Waals surface area contributed by atoms with Gasteiger partial charge in [-0.25, -0.2) is 0 Å². The number of fused-ring (bicyclic) bond motifs is 1. The summed E-state index contributed by atoms with van der Waals surface area (Å²) >= 11 is 0. The van der Waals surface area contributed by atoms with Crippen molar-refractivity contribution >= 4 is 17.2 Å². The molecular weight excluding hydrogens is 316 g/mol. The van der Waals surface area contributed by atoms with Crippen LogP contribution in [0.3, 0.4) is 0 Å². The average molecular weight is 342 g/mol. The molecule has 5 nitrogen and oxygen atoms in total.